The van der Waals surface area contributed by atoms with E-state index >= 15 is 0 Å². The van der Waals surface area contributed by atoms with Crippen molar-refractivity contribution in [2.45, 2.75) is 71.6 Å². The number of ether oxygens (including phenoxy) is 2. The lowest BCUT2D eigenvalue weighted by Crippen LogP contribution is -2.08. The highest BCUT2D eigenvalue weighted by Crippen LogP contribution is 2.27. The molecule has 0 radical (unpaired) electrons. The van der Waals surface area contributed by atoms with Crippen LogP contribution in [0.25, 0.3) is 11.1 Å². The fraction of sp³-hybridized carbons (Fsp3) is 0.387. The molecule has 0 fully saturated rings. The van der Waals surface area contributed by atoms with Crippen LogP contribution in [0.4, 0.5) is 8.78 Å². The van der Waals surface area contributed by atoms with Gasteiger partial charge in [-0.05, 0) is 66.3 Å². The van der Waals surface area contributed by atoms with Crippen molar-refractivity contribution in [3.05, 3.63) is 83.4 Å². The van der Waals surface area contributed by atoms with Crippen molar-refractivity contribution in [2.75, 3.05) is 6.61 Å². The van der Waals surface area contributed by atoms with Gasteiger partial charge in [0.1, 0.15) is 11.6 Å². The second-order valence-electron chi connectivity index (χ2n) is 9.09. The van der Waals surface area contributed by atoms with Crippen LogP contribution in [-0.2, 0) is 6.42 Å². The van der Waals surface area contributed by atoms with Crippen LogP contribution in [0.5, 0.6) is 11.5 Å². The first-order valence-corrected chi connectivity index (χ1v) is 13.0. The van der Waals surface area contributed by atoms with Gasteiger partial charge in [-0.25, -0.2) is 13.6 Å². The van der Waals surface area contributed by atoms with Crippen molar-refractivity contribution in [2.24, 2.45) is 0 Å². The summed E-state index contributed by atoms with van der Waals surface area (Å²) in [5.41, 5.74) is 2.39. The second-order valence-corrected chi connectivity index (χ2v) is 9.09. The van der Waals surface area contributed by atoms with Crippen molar-refractivity contribution < 1.29 is 23.0 Å². The zero-order valence-electron chi connectivity index (χ0n) is 21.3. The maximum atomic E-state index is 14.6. The van der Waals surface area contributed by atoms with Crippen molar-refractivity contribution in [1.29, 1.82) is 0 Å². The first-order valence-electron chi connectivity index (χ1n) is 13.0. The summed E-state index contributed by atoms with van der Waals surface area (Å²) < 4.78 is 39.8. The fourth-order valence-corrected chi connectivity index (χ4v) is 3.99. The molecule has 3 aromatic carbocycles. The van der Waals surface area contributed by atoms with Crippen molar-refractivity contribution >= 4 is 5.97 Å². The summed E-state index contributed by atoms with van der Waals surface area (Å²) in [6, 6.07) is 16.1. The van der Waals surface area contributed by atoms with Gasteiger partial charge in [-0.3, -0.25) is 0 Å². The molecular formula is C31H36F2O3. The number of rotatable bonds is 14. The molecule has 5 heteroatoms. The predicted octanol–water partition coefficient (Wildman–Crippen LogP) is 8.93. The van der Waals surface area contributed by atoms with Gasteiger partial charge < -0.3 is 9.47 Å². The third-order valence-electron chi connectivity index (χ3n) is 6.18. The number of esters is 1. The summed E-state index contributed by atoms with van der Waals surface area (Å²) in [5, 5.41) is 0. The van der Waals surface area contributed by atoms with Crippen molar-refractivity contribution in [3.8, 4) is 22.6 Å². The van der Waals surface area contributed by atoms with Crippen LogP contribution >= 0.6 is 0 Å². The van der Waals surface area contributed by atoms with E-state index in [1.807, 2.05) is 0 Å². The van der Waals surface area contributed by atoms with Gasteiger partial charge in [-0.2, -0.15) is 0 Å². The molecule has 3 aromatic rings. The highest BCUT2D eigenvalue weighted by Gasteiger charge is 2.12. The monoisotopic (exact) mass is 494 g/mol. The van der Waals surface area contributed by atoms with Crippen LogP contribution < -0.4 is 9.47 Å². The molecule has 3 nitrogen and oxygen atoms in total. The molecule has 0 atom stereocenters. The van der Waals surface area contributed by atoms with Gasteiger partial charge in [0, 0.05) is 6.07 Å². The lowest BCUT2D eigenvalue weighted by atomic mass is 10.0. The largest absolute Gasteiger partial charge is 0.491 e. The Hall–Kier alpha value is -3.21. The predicted molar refractivity (Wildman–Crippen MR) is 141 cm³/mol. The lowest BCUT2D eigenvalue weighted by molar-refractivity contribution is 0.0734. The normalized spacial score (nSPS) is 10.9. The van der Waals surface area contributed by atoms with E-state index < -0.39 is 11.8 Å². The molecule has 0 N–H and O–H groups in total. The van der Waals surface area contributed by atoms with Crippen LogP contribution in [0.1, 0.15) is 81.1 Å². The molecule has 0 spiro atoms. The highest BCUT2D eigenvalue weighted by molar-refractivity contribution is 5.91. The Kier molecular flexibility index (Phi) is 10.9. The summed E-state index contributed by atoms with van der Waals surface area (Å²) in [6.45, 7) is 4.75. The van der Waals surface area contributed by atoms with Gasteiger partial charge in [-0.15, -0.1) is 0 Å². The third kappa shape index (κ3) is 8.18. The Morgan fingerprint density at radius 2 is 1.42 bits per heavy atom. The minimum absolute atomic E-state index is 0.167. The molecule has 192 valence electrons. The number of benzene rings is 3. The molecule has 0 amide bonds. The lowest BCUT2D eigenvalue weighted by Gasteiger charge is -2.10. The Bertz CT molecular complexity index is 1110. The van der Waals surface area contributed by atoms with Gasteiger partial charge in [0.25, 0.3) is 0 Å². The van der Waals surface area contributed by atoms with Crippen LogP contribution in [0.2, 0.25) is 0 Å². The molecule has 0 saturated carbocycles. The molecule has 0 aliphatic carbocycles. The first kappa shape index (κ1) is 27.4. The minimum atomic E-state index is -0.577. The van der Waals surface area contributed by atoms with E-state index in [1.54, 1.807) is 48.5 Å². The van der Waals surface area contributed by atoms with Gasteiger partial charge in [-0.1, -0.05) is 76.6 Å². The van der Waals surface area contributed by atoms with E-state index in [1.165, 1.54) is 37.8 Å². The molecule has 3 rings (SSSR count). The minimum Gasteiger partial charge on any atom is -0.491 e. The van der Waals surface area contributed by atoms with Gasteiger partial charge in [0.2, 0.25) is 0 Å². The molecule has 0 unspecified atom stereocenters. The second kappa shape index (κ2) is 14.4. The Morgan fingerprint density at radius 1 is 0.722 bits per heavy atom. The number of unbranched alkanes of at least 4 members (excludes halogenated alkanes) is 6. The first-order chi connectivity index (χ1) is 17.5. The molecule has 0 aromatic heterocycles. The summed E-state index contributed by atoms with van der Waals surface area (Å²) in [5.74, 6) is -0.940. The molecule has 0 aliphatic heterocycles. The van der Waals surface area contributed by atoms with E-state index in [0.717, 1.165) is 31.2 Å². The zero-order chi connectivity index (χ0) is 25.8. The average Bonchev–Trinajstić information content (AvgIpc) is 2.88. The summed E-state index contributed by atoms with van der Waals surface area (Å²) in [7, 11) is 0. The molecule has 36 heavy (non-hydrogen) atoms. The molecule has 0 heterocycles. The third-order valence-corrected chi connectivity index (χ3v) is 6.18. The SMILES string of the molecule is CCCCCCCCOc1ccc(-c2ccc(C(=O)Oc3ccc(CCCC)c(F)c3)cc2)cc1F. The topological polar surface area (TPSA) is 35.5 Å². The van der Waals surface area contributed by atoms with Crippen LogP contribution in [-0.4, -0.2) is 12.6 Å². The quantitative estimate of drug-likeness (QED) is 0.127. The maximum Gasteiger partial charge on any atom is 0.343 e. The van der Waals surface area contributed by atoms with Crippen LogP contribution in [0.15, 0.2) is 60.7 Å². The van der Waals surface area contributed by atoms with Crippen LogP contribution in [0, 0.1) is 11.6 Å². The van der Waals surface area contributed by atoms with Gasteiger partial charge in [0.05, 0.1) is 12.2 Å². The highest BCUT2D eigenvalue weighted by atomic mass is 19.1. The smallest absolute Gasteiger partial charge is 0.343 e. The number of halogens is 2. The average molecular weight is 495 g/mol. The molecule has 0 aliphatic rings. The maximum absolute atomic E-state index is 14.6. The molecular weight excluding hydrogens is 458 g/mol. The van der Waals surface area contributed by atoms with E-state index in [-0.39, 0.29) is 17.3 Å². The van der Waals surface area contributed by atoms with E-state index in [0.29, 0.717) is 29.7 Å². The molecule has 0 saturated heterocycles. The zero-order valence-corrected chi connectivity index (χ0v) is 21.3. The Balaban J connectivity index is 1.54. The van der Waals surface area contributed by atoms with E-state index in [4.69, 9.17) is 9.47 Å². The summed E-state index contributed by atoms with van der Waals surface area (Å²) in [4.78, 5) is 12.5. The van der Waals surface area contributed by atoms with Crippen molar-refractivity contribution in [1.82, 2.24) is 0 Å². The number of carbonyl (C=O) groups is 1. The number of hydrogen-bond donors (Lipinski definition) is 0. The molecule has 0 bridgehead atoms. The van der Waals surface area contributed by atoms with E-state index in [9.17, 15) is 13.6 Å². The summed E-state index contributed by atoms with van der Waals surface area (Å²) >= 11 is 0. The Morgan fingerprint density at radius 3 is 2.11 bits per heavy atom. The summed E-state index contributed by atoms with van der Waals surface area (Å²) in [6.07, 6.45) is 9.45. The fourth-order valence-electron chi connectivity index (χ4n) is 3.99. The number of aryl methyl sites for hydroxylation is 1. The standard InChI is InChI=1S/C31H36F2O3/c1-3-5-7-8-9-10-20-35-30-19-17-26(21-29(30)33)23-12-14-25(15-13-23)31(34)36-27-18-16-24(11-6-4-2)28(32)22-27/h12-19,21-22H,3-11,20H2,1-2H3. The van der Waals surface area contributed by atoms with Crippen molar-refractivity contribution in [3.63, 3.8) is 0 Å². The van der Waals surface area contributed by atoms with Crippen LogP contribution in [0.3, 0.4) is 0 Å². The van der Waals surface area contributed by atoms with Gasteiger partial charge in [0.15, 0.2) is 11.6 Å². The number of carbonyl (C=O) groups excluding carboxylic acids is 1. The number of hydrogen-bond acceptors (Lipinski definition) is 3. The van der Waals surface area contributed by atoms with Gasteiger partial charge >= 0.3 is 5.97 Å². The Labute approximate surface area is 213 Å². The van der Waals surface area contributed by atoms with E-state index in [2.05, 4.69) is 13.8 Å².